The summed E-state index contributed by atoms with van der Waals surface area (Å²) in [7, 11) is 0. The highest BCUT2D eigenvalue weighted by Crippen LogP contribution is 2.20. The van der Waals surface area contributed by atoms with E-state index in [1.165, 1.54) is 18.3 Å². The number of nitrogens with one attached hydrogen (secondary N) is 1. The van der Waals surface area contributed by atoms with E-state index in [0.717, 1.165) is 0 Å². The first-order chi connectivity index (χ1) is 7.58. The van der Waals surface area contributed by atoms with Crippen LogP contribution in [0.3, 0.4) is 0 Å². The average molecular weight is 351 g/mol. The molecule has 0 radical (unpaired) electrons. The Morgan fingerprint density at radius 3 is 2.81 bits per heavy atom. The van der Waals surface area contributed by atoms with E-state index in [1.54, 1.807) is 6.07 Å². The number of benzene rings is 1. The molecule has 2 rings (SSSR count). The van der Waals surface area contributed by atoms with Crippen molar-refractivity contribution in [2.24, 2.45) is 0 Å². The van der Waals surface area contributed by atoms with Crippen molar-refractivity contribution < 1.29 is 4.39 Å². The Morgan fingerprint density at radius 1 is 1.44 bits per heavy atom. The van der Waals surface area contributed by atoms with E-state index in [0.29, 0.717) is 15.0 Å². The van der Waals surface area contributed by atoms with Crippen LogP contribution < -0.4 is 5.56 Å². The van der Waals surface area contributed by atoms with Crippen LogP contribution in [0, 0.1) is 9.39 Å². The standard InChI is InChI=1S/C10H5ClFIN2O/c11-6-2-1-5(3-7(6)12)9-14-4-8(13)10(16)15-9/h1-4H,(H,14,15,16). The van der Waals surface area contributed by atoms with Crippen LogP contribution in [-0.4, -0.2) is 9.97 Å². The molecule has 16 heavy (non-hydrogen) atoms. The number of nitrogens with zero attached hydrogens (tertiary/aromatic N) is 1. The molecule has 2 aromatic rings. The van der Waals surface area contributed by atoms with Crippen molar-refractivity contribution in [3.05, 3.63) is 49.2 Å². The van der Waals surface area contributed by atoms with Gasteiger partial charge in [-0.3, -0.25) is 4.79 Å². The first-order valence-electron chi connectivity index (χ1n) is 4.28. The summed E-state index contributed by atoms with van der Waals surface area (Å²) >= 11 is 7.43. The van der Waals surface area contributed by atoms with E-state index in [-0.39, 0.29) is 10.6 Å². The third-order valence-corrected chi connectivity index (χ3v) is 3.02. The maximum absolute atomic E-state index is 13.2. The zero-order chi connectivity index (χ0) is 11.7. The Morgan fingerprint density at radius 2 is 2.19 bits per heavy atom. The van der Waals surface area contributed by atoms with E-state index in [2.05, 4.69) is 9.97 Å². The largest absolute Gasteiger partial charge is 0.306 e. The minimum Gasteiger partial charge on any atom is -0.306 e. The van der Waals surface area contributed by atoms with Crippen molar-refractivity contribution in [3.8, 4) is 11.4 Å². The van der Waals surface area contributed by atoms with E-state index >= 15 is 0 Å². The van der Waals surface area contributed by atoms with Gasteiger partial charge in [0.1, 0.15) is 11.6 Å². The highest BCUT2D eigenvalue weighted by atomic mass is 127. The first kappa shape index (κ1) is 11.5. The van der Waals surface area contributed by atoms with Crippen LogP contribution >= 0.6 is 34.2 Å². The number of hydrogen-bond donors (Lipinski definition) is 1. The smallest absolute Gasteiger partial charge is 0.264 e. The summed E-state index contributed by atoms with van der Waals surface area (Å²) in [4.78, 5) is 17.9. The summed E-state index contributed by atoms with van der Waals surface area (Å²) in [6.45, 7) is 0. The summed E-state index contributed by atoms with van der Waals surface area (Å²) in [5.41, 5.74) is 0.233. The normalized spacial score (nSPS) is 10.4. The van der Waals surface area contributed by atoms with Gasteiger partial charge < -0.3 is 4.98 Å². The quantitative estimate of drug-likeness (QED) is 0.804. The molecule has 1 N–H and O–H groups in total. The molecule has 0 aliphatic heterocycles. The van der Waals surface area contributed by atoms with Gasteiger partial charge in [0.2, 0.25) is 0 Å². The molecule has 0 saturated heterocycles. The van der Waals surface area contributed by atoms with Crippen molar-refractivity contribution in [2.45, 2.75) is 0 Å². The number of aromatic amines is 1. The Balaban J connectivity index is 2.55. The maximum Gasteiger partial charge on any atom is 0.264 e. The van der Waals surface area contributed by atoms with E-state index in [4.69, 9.17) is 11.6 Å². The first-order valence-corrected chi connectivity index (χ1v) is 5.74. The predicted octanol–water partition coefficient (Wildman–Crippen LogP) is 2.83. The Hall–Kier alpha value is -0.950. The van der Waals surface area contributed by atoms with Crippen LogP contribution in [0.1, 0.15) is 0 Å². The molecular formula is C10H5ClFIN2O. The molecule has 0 unspecified atom stereocenters. The molecule has 1 aromatic carbocycles. The van der Waals surface area contributed by atoms with Gasteiger partial charge in [-0.05, 0) is 40.8 Å². The van der Waals surface area contributed by atoms with Crippen molar-refractivity contribution >= 4 is 34.2 Å². The lowest BCUT2D eigenvalue weighted by molar-refractivity contribution is 0.628. The van der Waals surface area contributed by atoms with Crippen LogP contribution in [0.15, 0.2) is 29.2 Å². The van der Waals surface area contributed by atoms with E-state index in [1.807, 2.05) is 22.6 Å². The molecule has 6 heteroatoms. The van der Waals surface area contributed by atoms with Crippen LogP contribution in [0.25, 0.3) is 11.4 Å². The molecule has 0 aliphatic carbocycles. The van der Waals surface area contributed by atoms with Crippen LogP contribution in [-0.2, 0) is 0 Å². The predicted molar refractivity (Wildman–Crippen MR) is 68.0 cm³/mol. The summed E-state index contributed by atoms with van der Waals surface area (Å²) < 4.78 is 13.7. The second kappa shape index (κ2) is 4.50. The van der Waals surface area contributed by atoms with Crippen molar-refractivity contribution in [1.29, 1.82) is 0 Å². The van der Waals surface area contributed by atoms with Gasteiger partial charge in [-0.1, -0.05) is 11.6 Å². The van der Waals surface area contributed by atoms with Gasteiger partial charge in [0.25, 0.3) is 5.56 Å². The lowest BCUT2D eigenvalue weighted by Gasteiger charge is -2.01. The summed E-state index contributed by atoms with van der Waals surface area (Å²) in [6.07, 6.45) is 1.43. The highest BCUT2D eigenvalue weighted by molar-refractivity contribution is 14.1. The zero-order valence-electron chi connectivity index (χ0n) is 7.80. The molecular weight excluding hydrogens is 345 g/mol. The van der Waals surface area contributed by atoms with Gasteiger partial charge in [0, 0.05) is 11.8 Å². The molecule has 3 nitrogen and oxygen atoms in total. The molecule has 0 fully saturated rings. The minimum atomic E-state index is -0.541. The summed E-state index contributed by atoms with van der Waals surface area (Å²) in [6, 6.07) is 4.24. The van der Waals surface area contributed by atoms with Crippen LogP contribution in [0.4, 0.5) is 4.39 Å². The number of aromatic nitrogens is 2. The van der Waals surface area contributed by atoms with Crippen LogP contribution in [0.5, 0.6) is 0 Å². The fraction of sp³-hybridized carbons (Fsp3) is 0. The second-order valence-corrected chi connectivity index (χ2v) is 4.61. The molecule has 82 valence electrons. The Labute approximate surface area is 109 Å². The average Bonchev–Trinajstić information content (AvgIpc) is 2.26. The molecule has 0 saturated carbocycles. The third kappa shape index (κ3) is 2.25. The maximum atomic E-state index is 13.2. The topological polar surface area (TPSA) is 45.8 Å². The molecule has 1 aromatic heterocycles. The fourth-order valence-corrected chi connectivity index (χ4v) is 1.56. The van der Waals surface area contributed by atoms with Crippen molar-refractivity contribution in [3.63, 3.8) is 0 Å². The Bertz CT molecular complexity index is 600. The molecule has 0 spiro atoms. The lowest BCUT2D eigenvalue weighted by atomic mass is 10.2. The lowest BCUT2D eigenvalue weighted by Crippen LogP contribution is -2.11. The second-order valence-electron chi connectivity index (χ2n) is 3.04. The van der Waals surface area contributed by atoms with Crippen molar-refractivity contribution in [2.75, 3.05) is 0 Å². The van der Waals surface area contributed by atoms with Gasteiger partial charge in [0.15, 0.2) is 0 Å². The number of hydrogen-bond acceptors (Lipinski definition) is 2. The molecule has 0 amide bonds. The summed E-state index contributed by atoms with van der Waals surface area (Å²) in [5.74, 6) is -0.221. The monoisotopic (exact) mass is 350 g/mol. The third-order valence-electron chi connectivity index (χ3n) is 1.95. The van der Waals surface area contributed by atoms with E-state index < -0.39 is 5.82 Å². The molecule has 0 aliphatic rings. The molecule has 1 heterocycles. The van der Waals surface area contributed by atoms with E-state index in [9.17, 15) is 9.18 Å². The zero-order valence-corrected chi connectivity index (χ0v) is 10.7. The number of rotatable bonds is 1. The van der Waals surface area contributed by atoms with Gasteiger partial charge in [-0.25, -0.2) is 9.37 Å². The van der Waals surface area contributed by atoms with Gasteiger partial charge in [-0.15, -0.1) is 0 Å². The number of H-pyrrole nitrogens is 1. The number of halogens is 3. The summed E-state index contributed by atoms with van der Waals surface area (Å²) in [5, 5.41) is 0.0385. The van der Waals surface area contributed by atoms with Crippen LogP contribution in [0.2, 0.25) is 5.02 Å². The minimum absolute atomic E-state index is 0.0385. The van der Waals surface area contributed by atoms with Gasteiger partial charge >= 0.3 is 0 Å². The van der Waals surface area contributed by atoms with Gasteiger partial charge in [0.05, 0.1) is 8.59 Å². The van der Waals surface area contributed by atoms with Gasteiger partial charge in [-0.2, -0.15) is 0 Å². The molecule has 0 bridgehead atoms. The molecule has 0 atom stereocenters. The highest BCUT2D eigenvalue weighted by Gasteiger charge is 2.06. The Kier molecular flexibility index (Phi) is 3.25. The van der Waals surface area contributed by atoms with Crippen molar-refractivity contribution in [1.82, 2.24) is 9.97 Å². The fourth-order valence-electron chi connectivity index (χ4n) is 1.17. The SMILES string of the molecule is O=c1[nH]c(-c2ccc(Cl)c(F)c2)ncc1I.